The molecule has 132 valence electrons. The van der Waals surface area contributed by atoms with Crippen molar-refractivity contribution in [2.75, 3.05) is 24.3 Å². The Hall–Kier alpha value is -2.86. The molecule has 26 heavy (non-hydrogen) atoms. The summed E-state index contributed by atoms with van der Waals surface area (Å²) in [6.45, 7) is 2.89. The van der Waals surface area contributed by atoms with Crippen molar-refractivity contribution in [1.29, 1.82) is 0 Å². The number of nitrogens with zero attached hydrogens (tertiary/aromatic N) is 4. The van der Waals surface area contributed by atoms with E-state index in [1.165, 1.54) is 11.1 Å². The predicted octanol–water partition coefficient (Wildman–Crippen LogP) is 4.44. The Morgan fingerprint density at radius 2 is 1.96 bits per heavy atom. The minimum Gasteiger partial charge on any atom is -0.378 e. The van der Waals surface area contributed by atoms with Gasteiger partial charge in [0.25, 0.3) is 0 Å². The minimum absolute atomic E-state index is 0.759. The number of aromatic nitrogens is 3. The fourth-order valence-corrected chi connectivity index (χ4v) is 3.65. The van der Waals surface area contributed by atoms with Crippen LogP contribution in [-0.2, 0) is 6.54 Å². The van der Waals surface area contributed by atoms with Crippen LogP contribution in [0.4, 0.5) is 10.8 Å². The van der Waals surface area contributed by atoms with Gasteiger partial charge in [-0.25, -0.2) is 9.50 Å². The van der Waals surface area contributed by atoms with E-state index in [-0.39, 0.29) is 0 Å². The zero-order valence-electron chi connectivity index (χ0n) is 15.1. The number of aryl methyl sites for hydroxylation is 1. The average Bonchev–Trinajstić information content (AvgIpc) is 3.21. The molecule has 0 fully saturated rings. The molecule has 0 amide bonds. The zero-order valence-corrected chi connectivity index (χ0v) is 15.9. The van der Waals surface area contributed by atoms with Gasteiger partial charge < -0.3 is 10.2 Å². The molecule has 0 bridgehead atoms. The van der Waals surface area contributed by atoms with Gasteiger partial charge in [0.2, 0.25) is 10.1 Å². The molecular formula is C20H21N5S. The normalized spacial score (nSPS) is 11.0. The van der Waals surface area contributed by atoms with Gasteiger partial charge in [0, 0.05) is 31.9 Å². The van der Waals surface area contributed by atoms with Crippen LogP contribution in [0.15, 0.2) is 54.7 Å². The second-order valence-corrected chi connectivity index (χ2v) is 7.43. The van der Waals surface area contributed by atoms with Crippen LogP contribution >= 0.6 is 11.3 Å². The molecule has 0 aliphatic carbocycles. The number of hydrogen-bond acceptors (Lipinski definition) is 5. The van der Waals surface area contributed by atoms with Gasteiger partial charge >= 0.3 is 0 Å². The Kier molecular flexibility index (Phi) is 4.34. The molecule has 0 radical (unpaired) electrons. The molecule has 0 saturated heterocycles. The van der Waals surface area contributed by atoms with Crippen LogP contribution in [0.25, 0.3) is 16.2 Å². The maximum atomic E-state index is 4.72. The van der Waals surface area contributed by atoms with Crippen LogP contribution in [0, 0.1) is 6.92 Å². The first-order valence-corrected chi connectivity index (χ1v) is 9.34. The van der Waals surface area contributed by atoms with Crippen molar-refractivity contribution in [3.8, 4) is 11.3 Å². The summed E-state index contributed by atoms with van der Waals surface area (Å²) in [5, 5.41) is 9.02. The third kappa shape index (κ3) is 3.15. The van der Waals surface area contributed by atoms with Crippen molar-refractivity contribution in [3.05, 3.63) is 65.9 Å². The van der Waals surface area contributed by atoms with Crippen LogP contribution in [0.3, 0.4) is 0 Å². The molecule has 0 aliphatic heterocycles. The lowest BCUT2D eigenvalue weighted by atomic mass is 10.1. The maximum Gasteiger partial charge on any atom is 0.214 e. The molecule has 0 saturated carbocycles. The Morgan fingerprint density at radius 1 is 1.12 bits per heavy atom. The molecule has 0 unspecified atom stereocenters. The molecule has 0 aliphatic rings. The van der Waals surface area contributed by atoms with E-state index in [0.29, 0.717) is 0 Å². The fraction of sp³-hybridized carbons (Fsp3) is 0.200. The van der Waals surface area contributed by atoms with Gasteiger partial charge in [0.05, 0.1) is 11.9 Å². The van der Waals surface area contributed by atoms with E-state index < -0.39 is 0 Å². The Bertz CT molecular complexity index is 1050. The molecule has 6 heteroatoms. The molecule has 2 aromatic heterocycles. The molecular weight excluding hydrogens is 342 g/mol. The number of benzene rings is 2. The van der Waals surface area contributed by atoms with Crippen LogP contribution in [-0.4, -0.2) is 28.7 Å². The molecule has 2 aromatic carbocycles. The van der Waals surface area contributed by atoms with Gasteiger partial charge in [0.1, 0.15) is 0 Å². The standard InChI is InChI=1S/C20H21N5S/c1-14-7-4-5-8-16(14)12-21-19-23-25-18(13-22-20(25)26-19)15-9-6-10-17(11-15)24(2)3/h4-11,13H,12H2,1-3H3,(H,21,23). The number of hydrogen-bond donors (Lipinski definition) is 1. The Labute approximate surface area is 156 Å². The van der Waals surface area contributed by atoms with Crippen molar-refractivity contribution in [2.45, 2.75) is 13.5 Å². The number of fused-ring (bicyclic) bond motifs is 1. The molecule has 0 atom stereocenters. The second-order valence-electron chi connectivity index (χ2n) is 6.47. The van der Waals surface area contributed by atoms with E-state index in [2.05, 4.69) is 70.7 Å². The Morgan fingerprint density at radius 3 is 2.77 bits per heavy atom. The van der Waals surface area contributed by atoms with Crippen LogP contribution in [0.2, 0.25) is 0 Å². The molecule has 1 N–H and O–H groups in total. The number of imidazole rings is 1. The summed E-state index contributed by atoms with van der Waals surface area (Å²) in [4.78, 5) is 7.51. The van der Waals surface area contributed by atoms with Crippen LogP contribution in [0.5, 0.6) is 0 Å². The molecule has 5 nitrogen and oxygen atoms in total. The monoisotopic (exact) mass is 363 g/mol. The van der Waals surface area contributed by atoms with E-state index >= 15 is 0 Å². The summed E-state index contributed by atoms with van der Waals surface area (Å²) in [6, 6.07) is 16.8. The highest BCUT2D eigenvalue weighted by molar-refractivity contribution is 7.20. The maximum absolute atomic E-state index is 4.72. The van der Waals surface area contributed by atoms with Gasteiger partial charge in [0.15, 0.2) is 0 Å². The molecule has 4 rings (SSSR count). The molecule has 0 spiro atoms. The third-order valence-corrected chi connectivity index (χ3v) is 5.32. The van der Waals surface area contributed by atoms with E-state index in [0.717, 1.165) is 33.6 Å². The lowest BCUT2D eigenvalue weighted by Gasteiger charge is -2.13. The third-order valence-electron chi connectivity index (χ3n) is 4.44. The highest BCUT2D eigenvalue weighted by atomic mass is 32.1. The summed E-state index contributed by atoms with van der Waals surface area (Å²) >= 11 is 1.57. The number of rotatable bonds is 5. The first-order valence-electron chi connectivity index (χ1n) is 8.52. The highest BCUT2D eigenvalue weighted by Crippen LogP contribution is 2.28. The van der Waals surface area contributed by atoms with Crippen molar-refractivity contribution in [2.24, 2.45) is 0 Å². The second kappa shape index (κ2) is 6.80. The summed E-state index contributed by atoms with van der Waals surface area (Å²) in [7, 11) is 4.09. The van der Waals surface area contributed by atoms with Crippen molar-refractivity contribution >= 4 is 27.1 Å². The largest absolute Gasteiger partial charge is 0.378 e. The summed E-state index contributed by atoms with van der Waals surface area (Å²) in [5.41, 5.74) is 5.83. The molecule has 4 aromatic rings. The quantitative estimate of drug-likeness (QED) is 0.569. The van der Waals surface area contributed by atoms with E-state index in [9.17, 15) is 0 Å². The average molecular weight is 363 g/mol. The van der Waals surface area contributed by atoms with Crippen LogP contribution < -0.4 is 10.2 Å². The highest BCUT2D eigenvalue weighted by Gasteiger charge is 2.12. The van der Waals surface area contributed by atoms with Crippen LogP contribution in [0.1, 0.15) is 11.1 Å². The minimum atomic E-state index is 0.759. The lowest BCUT2D eigenvalue weighted by molar-refractivity contribution is 0.966. The number of anilines is 2. The van der Waals surface area contributed by atoms with E-state index in [1.54, 1.807) is 11.3 Å². The SMILES string of the molecule is Cc1ccccc1CNc1nn2c(-c3cccc(N(C)C)c3)cnc2s1. The predicted molar refractivity (Wildman–Crippen MR) is 109 cm³/mol. The first kappa shape index (κ1) is 16.6. The van der Waals surface area contributed by atoms with Gasteiger partial charge in [-0.05, 0) is 30.2 Å². The summed E-state index contributed by atoms with van der Waals surface area (Å²) in [6.07, 6.45) is 1.89. The van der Waals surface area contributed by atoms with Crippen molar-refractivity contribution in [1.82, 2.24) is 14.6 Å². The van der Waals surface area contributed by atoms with Crippen molar-refractivity contribution < 1.29 is 0 Å². The van der Waals surface area contributed by atoms with Gasteiger partial charge in [-0.2, -0.15) is 0 Å². The van der Waals surface area contributed by atoms with E-state index in [1.807, 2.05) is 24.8 Å². The smallest absolute Gasteiger partial charge is 0.214 e. The fourth-order valence-electron chi connectivity index (χ4n) is 2.88. The topological polar surface area (TPSA) is 45.5 Å². The van der Waals surface area contributed by atoms with Gasteiger partial charge in [-0.3, -0.25) is 0 Å². The molecule has 2 heterocycles. The Balaban J connectivity index is 1.61. The van der Waals surface area contributed by atoms with Crippen molar-refractivity contribution in [3.63, 3.8) is 0 Å². The number of nitrogens with one attached hydrogen (secondary N) is 1. The summed E-state index contributed by atoms with van der Waals surface area (Å²) < 4.78 is 1.92. The zero-order chi connectivity index (χ0) is 18.1. The first-order chi connectivity index (χ1) is 12.6. The van der Waals surface area contributed by atoms with Gasteiger partial charge in [-0.1, -0.05) is 47.7 Å². The summed E-state index contributed by atoms with van der Waals surface area (Å²) in [5.74, 6) is 0. The van der Waals surface area contributed by atoms with E-state index in [4.69, 9.17) is 5.10 Å². The van der Waals surface area contributed by atoms with Gasteiger partial charge in [-0.15, -0.1) is 5.10 Å². The lowest BCUT2D eigenvalue weighted by Crippen LogP contribution is -2.08.